The molecule has 0 saturated carbocycles. The van der Waals surface area contributed by atoms with Crippen molar-refractivity contribution < 1.29 is 41.8 Å². The summed E-state index contributed by atoms with van der Waals surface area (Å²) >= 11 is 6.54. The summed E-state index contributed by atoms with van der Waals surface area (Å²) in [4.78, 5) is 70.8. The zero-order valence-corrected chi connectivity index (χ0v) is 49.0. The van der Waals surface area contributed by atoms with E-state index in [1.807, 2.05) is 36.4 Å². The molecule has 2 aromatic heterocycles. The summed E-state index contributed by atoms with van der Waals surface area (Å²) < 4.78 is 57.3. The normalized spacial score (nSPS) is 22.9. The van der Waals surface area contributed by atoms with E-state index in [0.717, 1.165) is 14.9 Å². The van der Waals surface area contributed by atoms with E-state index in [1.54, 1.807) is 18.2 Å². The summed E-state index contributed by atoms with van der Waals surface area (Å²) in [6.07, 6.45) is -5.67. The largest absolute Gasteiger partial charge is 0.451 e. The van der Waals surface area contributed by atoms with Crippen molar-refractivity contribution in [2.24, 2.45) is 0 Å². The first-order valence-corrected chi connectivity index (χ1v) is 33.4. The predicted octanol–water partition coefficient (Wildman–Crippen LogP) is 7.48. The van der Waals surface area contributed by atoms with Gasteiger partial charge in [-0.1, -0.05) is 147 Å². The number of esters is 1. The molecular weight excluding hydrogens is 1030 g/mol. The lowest BCUT2D eigenvalue weighted by atomic mass is 10.1. The number of halogens is 1. The van der Waals surface area contributed by atoms with Crippen LogP contribution in [0, 0.1) is 0 Å². The molecule has 0 radical (unpaired) electrons. The van der Waals surface area contributed by atoms with Gasteiger partial charge in [0.2, 0.25) is 0 Å². The van der Waals surface area contributed by atoms with Gasteiger partial charge in [-0.15, -0.1) is 0 Å². The number of nitrogens with zero attached hydrogens (tertiary/aromatic N) is 2. The molecule has 3 aromatic carbocycles. The monoisotopic (exact) mass is 1100 g/mol. The Balaban J connectivity index is 1.28. The Hall–Kier alpha value is -4.85. The highest BCUT2D eigenvalue weighted by Gasteiger charge is 2.56. The second-order valence-electron chi connectivity index (χ2n) is 23.3. The number of benzene rings is 3. The number of hydrogen-bond acceptors (Lipinski definition) is 13. The van der Waals surface area contributed by atoms with E-state index in [9.17, 15) is 24.0 Å². The average molecular weight is 1110 g/mol. The molecule has 0 aliphatic carbocycles. The van der Waals surface area contributed by atoms with Crippen LogP contribution in [0.15, 0.2) is 129 Å². The van der Waals surface area contributed by atoms with Crippen LogP contribution in [-0.2, 0) is 37.0 Å². The van der Waals surface area contributed by atoms with E-state index in [0.29, 0.717) is 0 Å². The fourth-order valence-electron chi connectivity index (χ4n) is 9.09. The van der Waals surface area contributed by atoms with E-state index in [2.05, 4.69) is 123 Å². The van der Waals surface area contributed by atoms with E-state index in [-0.39, 0.29) is 33.9 Å². The predicted molar refractivity (Wildman–Crippen MR) is 295 cm³/mol. The smallest absolute Gasteiger partial charge is 0.340 e. The fraction of sp³-hybridized carbons (Fsp3) is 0.500. The Labute approximate surface area is 446 Å². The average Bonchev–Trinajstić information content (AvgIpc) is 3.82. The molecular formula is C54H73ClN4O13Si3. The molecule has 0 bridgehead atoms. The number of H-pyrrole nitrogens is 2. The van der Waals surface area contributed by atoms with Crippen LogP contribution in [0.1, 0.15) is 85.1 Å². The molecule has 406 valence electrons. The molecule has 75 heavy (non-hydrogen) atoms. The number of aromatic amines is 2. The Morgan fingerprint density at radius 2 is 1.04 bits per heavy atom. The molecule has 5 aromatic rings. The minimum Gasteiger partial charge on any atom is -0.451 e. The van der Waals surface area contributed by atoms with Gasteiger partial charge in [0.15, 0.2) is 35.2 Å². The number of hydrogen-bond donors (Lipinski definition) is 2. The maximum atomic E-state index is 14.2. The van der Waals surface area contributed by atoms with Crippen LogP contribution in [-0.4, -0.2) is 107 Å². The number of aromatic nitrogens is 4. The Morgan fingerprint density at radius 3 is 1.51 bits per heavy atom. The van der Waals surface area contributed by atoms with Crippen molar-refractivity contribution in [1.29, 1.82) is 0 Å². The van der Waals surface area contributed by atoms with Crippen LogP contribution in [0.5, 0.6) is 0 Å². The Bertz CT molecular complexity index is 2960. The molecule has 17 nitrogen and oxygen atoms in total. The van der Waals surface area contributed by atoms with Crippen molar-refractivity contribution in [2.75, 3.05) is 20.0 Å². The van der Waals surface area contributed by atoms with Crippen molar-refractivity contribution in [3.8, 4) is 0 Å². The summed E-state index contributed by atoms with van der Waals surface area (Å²) in [5.74, 6) is -0.818. The number of nitrogens with one attached hydrogen (secondary N) is 2. The fourth-order valence-corrected chi connectivity index (χ4v) is 16.5. The quantitative estimate of drug-likeness (QED) is 0.0379. The molecule has 2 aliphatic heterocycles. The van der Waals surface area contributed by atoms with Gasteiger partial charge in [0.1, 0.15) is 37.3 Å². The highest BCUT2D eigenvalue weighted by molar-refractivity contribution is 6.99. The van der Waals surface area contributed by atoms with Crippen LogP contribution < -0.4 is 32.9 Å². The van der Waals surface area contributed by atoms with Crippen LogP contribution >= 0.6 is 11.6 Å². The molecule has 0 unspecified atom stereocenters. The first-order valence-electron chi connectivity index (χ1n) is 25.3. The van der Waals surface area contributed by atoms with Gasteiger partial charge < -0.3 is 37.0 Å². The van der Waals surface area contributed by atoms with Crippen LogP contribution in [0.3, 0.4) is 0 Å². The van der Waals surface area contributed by atoms with Gasteiger partial charge in [-0.2, -0.15) is 0 Å². The molecule has 0 spiro atoms. The minimum absolute atomic E-state index is 0.0607. The molecule has 2 saturated heterocycles. The van der Waals surface area contributed by atoms with E-state index < -0.39 is 114 Å². The molecule has 2 aliphatic rings. The van der Waals surface area contributed by atoms with Gasteiger partial charge in [-0.05, 0) is 63.8 Å². The summed E-state index contributed by atoms with van der Waals surface area (Å²) in [5, 5.41) is 1.19. The summed E-state index contributed by atoms with van der Waals surface area (Å²) in [6.45, 7) is 27.0. The third-order valence-electron chi connectivity index (χ3n) is 15.1. The Kier molecular flexibility index (Phi) is 17.4. The lowest BCUT2D eigenvalue weighted by Crippen LogP contribution is -2.67. The summed E-state index contributed by atoms with van der Waals surface area (Å²) in [7, 11) is -8.46. The topological polar surface area (TPSA) is 201 Å². The van der Waals surface area contributed by atoms with Gasteiger partial charge in [-0.3, -0.25) is 28.7 Å². The third kappa shape index (κ3) is 12.5. The molecule has 2 N–H and O–H groups in total. The number of carbonyl (C=O) groups excluding carboxylic acids is 1. The second-order valence-corrected chi connectivity index (χ2v) is 37.5. The van der Waals surface area contributed by atoms with Gasteiger partial charge >= 0.3 is 17.3 Å². The minimum atomic E-state index is -3.24. The van der Waals surface area contributed by atoms with E-state index in [4.69, 9.17) is 48.6 Å². The van der Waals surface area contributed by atoms with Gasteiger partial charge in [0.05, 0.1) is 23.8 Å². The lowest BCUT2D eigenvalue weighted by Gasteiger charge is -2.44. The van der Waals surface area contributed by atoms with E-state index in [1.165, 1.54) is 35.2 Å². The molecule has 8 atom stereocenters. The second kappa shape index (κ2) is 22.6. The van der Waals surface area contributed by atoms with Crippen molar-refractivity contribution in [2.45, 2.75) is 153 Å². The van der Waals surface area contributed by atoms with Crippen molar-refractivity contribution in [3.05, 3.63) is 162 Å². The summed E-state index contributed by atoms with van der Waals surface area (Å²) in [6, 6.07) is 28.9. The highest BCUT2D eigenvalue weighted by Crippen LogP contribution is 2.46. The first-order chi connectivity index (χ1) is 35.1. The van der Waals surface area contributed by atoms with Gasteiger partial charge in [0, 0.05) is 24.5 Å². The van der Waals surface area contributed by atoms with Crippen molar-refractivity contribution in [1.82, 2.24) is 19.1 Å². The Morgan fingerprint density at radius 1 is 0.587 bits per heavy atom. The molecule has 7 rings (SSSR count). The standard InChI is InChI=1S/C54H73ClN4O13Si3/c1-52(2,3)73(10,11)71-44-39(68-48(59-31-29-42(61)57-51(59)64)46(44)72-74(12,13)53(4,5)6)32-65-34-66-43-40(33-67-75(54(7,8)9,35-22-16-14-17-23-35)36-24-18-15-19-25-36)69-47(58-30-28-41(60)56-50(58)63)45(43)70-49(62)37-26-20-21-27-38(37)55/h14-31,39-40,43-48H,32-34H2,1-13H3,(H,56,60,63)(H,57,61,64)/t39-,40-,43-,44-,45-,46-,47-,48-/m1/s1. The lowest BCUT2D eigenvalue weighted by molar-refractivity contribution is -0.152. The van der Waals surface area contributed by atoms with E-state index >= 15 is 0 Å². The van der Waals surface area contributed by atoms with Crippen LogP contribution in [0.2, 0.25) is 46.3 Å². The number of carbonyl (C=O) groups is 1. The highest BCUT2D eigenvalue weighted by atomic mass is 35.5. The maximum absolute atomic E-state index is 14.2. The zero-order valence-electron chi connectivity index (χ0n) is 45.2. The molecule has 2 fully saturated rings. The van der Waals surface area contributed by atoms with Crippen molar-refractivity contribution in [3.63, 3.8) is 0 Å². The van der Waals surface area contributed by atoms with Gasteiger partial charge in [0.25, 0.3) is 19.4 Å². The zero-order chi connectivity index (χ0) is 54.9. The van der Waals surface area contributed by atoms with Crippen molar-refractivity contribution >= 4 is 52.9 Å². The molecule has 0 amide bonds. The molecule has 4 heterocycles. The first kappa shape index (κ1) is 57.8. The maximum Gasteiger partial charge on any atom is 0.340 e. The molecule has 21 heteroatoms. The SMILES string of the molecule is CC(C)(C)[Si](C)(C)O[C@@H]1[C@H](O[Si](C)(C)C(C)(C)C)[C@@H](COCO[C@H]2[C@@H](OC(=O)c3ccccc3Cl)[C@H](n3ccc(=O)[nH]c3=O)O[C@@H]2CO[Si](c2ccccc2)(c2ccccc2)C(C)(C)C)O[C@H]1n1ccc(=O)[nH]c1=O. The third-order valence-corrected chi connectivity index (χ3v) is 29.4. The van der Waals surface area contributed by atoms with Gasteiger partial charge in [-0.25, -0.2) is 14.4 Å². The number of rotatable bonds is 18. The summed E-state index contributed by atoms with van der Waals surface area (Å²) in [5.41, 5.74) is -2.62. The van der Waals surface area contributed by atoms with Crippen LogP contribution in [0.4, 0.5) is 0 Å². The number of ether oxygens (including phenoxy) is 5. The van der Waals surface area contributed by atoms with Crippen LogP contribution in [0.25, 0.3) is 0 Å².